The average Bonchev–Trinajstić information content (AvgIpc) is 2.69. The van der Waals surface area contributed by atoms with E-state index in [0.717, 1.165) is 39.1 Å². The third kappa shape index (κ3) is 3.35. The third-order valence-corrected chi connectivity index (χ3v) is 4.62. The number of nitrogens with two attached hydrogens (primary N) is 1. The SMILES string of the molecule is Nc1ccc(-c2cccc(-c3ccc(O)cc3)c2-c2ccc(O)cc2)cc1. The maximum atomic E-state index is 9.70. The smallest absolute Gasteiger partial charge is 0.115 e. The van der Waals surface area contributed by atoms with Crippen LogP contribution in [0.1, 0.15) is 0 Å². The van der Waals surface area contributed by atoms with Gasteiger partial charge in [-0.3, -0.25) is 0 Å². The van der Waals surface area contributed by atoms with Crippen molar-refractivity contribution in [3.05, 3.63) is 91.0 Å². The van der Waals surface area contributed by atoms with Crippen LogP contribution in [0.25, 0.3) is 33.4 Å². The molecule has 0 radical (unpaired) electrons. The number of hydrogen-bond donors (Lipinski definition) is 3. The van der Waals surface area contributed by atoms with E-state index in [2.05, 4.69) is 12.1 Å². The zero-order valence-corrected chi connectivity index (χ0v) is 14.6. The minimum Gasteiger partial charge on any atom is -0.508 e. The van der Waals surface area contributed by atoms with Crippen LogP contribution in [0, 0.1) is 0 Å². The average molecular weight is 353 g/mol. The summed E-state index contributed by atoms with van der Waals surface area (Å²) in [6.45, 7) is 0. The molecule has 0 saturated carbocycles. The number of aromatic hydroxyl groups is 2. The van der Waals surface area contributed by atoms with Gasteiger partial charge in [0.1, 0.15) is 11.5 Å². The molecule has 3 heteroatoms. The molecule has 4 N–H and O–H groups in total. The Hall–Kier alpha value is -3.72. The van der Waals surface area contributed by atoms with Crippen molar-refractivity contribution in [2.75, 3.05) is 5.73 Å². The second-order valence-electron chi connectivity index (χ2n) is 6.44. The molecule has 0 heterocycles. The molecule has 0 fully saturated rings. The van der Waals surface area contributed by atoms with Crippen LogP contribution in [-0.2, 0) is 0 Å². The van der Waals surface area contributed by atoms with Crippen LogP contribution in [0.3, 0.4) is 0 Å². The van der Waals surface area contributed by atoms with E-state index in [1.807, 2.05) is 54.6 Å². The molecule has 132 valence electrons. The van der Waals surface area contributed by atoms with Crippen LogP contribution in [-0.4, -0.2) is 10.2 Å². The van der Waals surface area contributed by atoms with Gasteiger partial charge in [0.2, 0.25) is 0 Å². The van der Waals surface area contributed by atoms with Crippen molar-refractivity contribution in [1.82, 2.24) is 0 Å². The quantitative estimate of drug-likeness (QED) is 0.415. The Balaban J connectivity index is 1.99. The Labute approximate surface area is 158 Å². The fraction of sp³-hybridized carbons (Fsp3) is 0. The van der Waals surface area contributed by atoms with E-state index < -0.39 is 0 Å². The van der Waals surface area contributed by atoms with Gasteiger partial charge in [-0.15, -0.1) is 0 Å². The van der Waals surface area contributed by atoms with Crippen molar-refractivity contribution < 1.29 is 10.2 Å². The number of rotatable bonds is 3. The molecule has 0 bridgehead atoms. The number of phenolic OH excluding ortho intramolecular Hbond substituents is 2. The first-order valence-electron chi connectivity index (χ1n) is 8.69. The molecule has 0 aliphatic rings. The van der Waals surface area contributed by atoms with E-state index in [1.165, 1.54) is 0 Å². The lowest BCUT2D eigenvalue weighted by Crippen LogP contribution is -1.91. The molecule has 3 nitrogen and oxygen atoms in total. The summed E-state index contributed by atoms with van der Waals surface area (Å²) in [5.74, 6) is 0.467. The molecule has 4 aromatic carbocycles. The van der Waals surface area contributed by atoms with Crippen LogP contribution in [0.15, 0.2) is 91.0 Å². The number of hydrogen-bond acceptors (Lipinski definition) is 3. The Morgan fingerprint density at radius 1 is 0.481 bits per heavy atom. The molecule has 0 amide bonds. The van der Waals surface area contributed by atoms with E-state index in [1.54, 1.807) is 24.3 Å². The van der Waals surface area contributed by atoms with E-state index in [-0.39, 0.29) is 11.5 Å². The summed E-state index contributed by atoms with van der Waals surface area (Å²) in [6.07, 6.45) is 0. The van der Waals surface area contributed by atoms with Crippen molar-refractivity contribution in [3.63, 3.8) is 0 Å². The van der Waals surface area contributed by atoms with Crippen molar-refractivity contribution in [1.29, 1.82) is 0 Å². The number of benzene rings is 4. The number of anilines is 1. The first kappa shape index (κ1) is 16.7. The van der Waals surface area contributed by atoms with Crippen LogP contribution in [0.2, 0.25) is 0 Å². The summed E-state index contributed by atoms with van der Waals surface area (Å²) >= 11 is 0. The first-order valence-corrected chi connectivity index (χ1v) is 8.69. The van der Waals surface area contributed by atoms with Crippen LogP contribution >= 0.6 is 0 Å². The summed E-state index contributed by atoms with van der Waals surface area (Å²) in [4.78, 5) is 0. The van der Waals surface area contributed by atoms with Gasteiger partial charge in [0.25, 0.3) is 0 Å². The second kappa shape index (κ2) is 6.89. The molecule has 0 saturated heterocycles. The zero-order chi connectivity index (χ0) is 18.8. The molecular formula is C24H19NO2. The van der Waals surface area contributed by atoms with E-state index in [9.17, 15) is 10.2 Å². The third-order valence-electron chi connectivity index (χ3n) is 4.62. The Kier molecular flexibility index (Phi) is 4.27. The lowest BCUT2D eigenvalue weighted by Gasteiger charge is -2.16. The van der Waals surface area contributed by atoms with Gasteiger partial charge >= 0.3 is 0 Å². The molecule has 0 atom stereocenters. The fourth-order valence-electron chi connectivity index (χ4n) is 3.28. The normalized spacial score (nSPS) is 10.7. The highest BCUT2D eigenvalue weighted by Gasteiger charge is 2.14. The fourth-order valence-corrected chi connectivity index (χ4v) is 3.28. The molecule has 0 unspecified atom stereocenters. The van der Waals surface area contributed by atoms with E-state index in [0.29, 0.717) is 0 Å². The zero-order valence-electron chi connectivity index (χ0n) is 14.6. The molecule has 27 heavy (non-hydrogen) atoms. The Morgan fingerprint density at radius 3 is 1.37 bits per heavy atom. The van der Waals surface area contributed by atoms with Crippen molar-refractivity contribution in [3.8, 4) is 44.9 Å². The molecule has 0 aliphatic carbocycles. The largest absolute Gasteiger partial charge is 0.508 e. The molecular weight excluding hydrogens is 334 g/mol. The highest BCUT2D eigenvalue weighted by molar-refractivity contribution is 5.94. The maximum Gasteiger partial charge on any atom is 0.115 e. The minimum atomic E-state index is 0.231. The summed E-state index contributed by atoms with van der Waals surface area (Å²) in [7, 11) is 0. The van der Waals surface area contributed by atoms with Crippen molar-refractivity contribution in [2.24, 2.45) is 0 Å². The molecule has 4 aromatic rings. The highest BCUT2D eigenvalue weighted by atomic mass is 16.3. The summed E-state index contributed by atoms with van der Waals surface area (Å²) in [6, 6.07) is 28.4. The molecule has 0 aromatic heterocycles. The van der Waals surface area contributed by atoms with Crippen molar-refractivity contribution in [2.45, 2.75) is 0 Å². The predicted molar refractivity (Wildman–Crippen MR) is 110 cm³/mol. The topological polar surface area (TPSA) is 66.5 Å². The van der Waals surface area contributed by atoms with Gasteiger partial charge < -0.3 is 15.9 Å². The van der Waals surface area contributed by atoms with Gasteiger partial charge in [0, 0.05) is 5.69 Å². The monoisotopic (exact) mass is 353 g/mol. The standard InChI is InChI=1S/C24H19NO2/c25-19-10-4-16(5-11-19)22-2-1-3-23(17-6-12-20(26)13-7-17)24(22)18-8-14-21(27)15-9-18/h1-15,26-27H,25H2. The van der Waals surface area contributed by atoms with Crippen LogP contribution in [0.5, 0.6) is 11.5 Å². The van der Waals surface area contributed by atoms with Gasteiger partial charge in [0.05, 0.1) is 0 Å². The lowest BCUT2D eigenvalue weighted by molar-refractivity contribution is 0.475. The Morgan fingerprint density at radius 2 is 0.889 bits per heavy atom. The van der Waals surface area contributed by atoms with Gasteiger partial charge in [-0.05, 0) is 69.8 Å². The first-order chi connectivity index (χ1) is 13.1. The summed E-state index contributed by atoms with van der Waals surface area (Å²) in [5.41, 5.74) is 12.8. The predicted octanol–water partition coefficient (Wildman–Crippen LogP) is 5.68. The molecule has 0 spiro atoms. The minimum absolute atomic E-state index is 0.231. The van der Waals surface area contributed by atoms with E-state index in [4.69, 9.17) is 5.73 Å². The summed E-state index contributed by atoms with van der Waals surface area (Å²) < 4.78 is 0. The summed E-state index contributed by atoms with van der Waals surface area (Å²) in [5, 5.41) is 19.3. The van der Waals surface area contributed by atoms with Gasteiger partial charge in [-0.25, -0.2) is 0 Å². The maximum absolute atomic E-state index is 9.70. The molecule has 0 aliphatic heterocycles. The second-order valence-corrected chi connectivity index (χ2v) is 6.44. The van der Waals surface area contributed by atoms with Gasteiger partial charge in [-0.1, -0.05) is 54.6 Å². The lowest BCUT2D eigenvalue weighted by atomic mass is 9.87. The Bertz CT molecular complexity index is 1000. The van der Waals surface area contributed by atoms with Gasteiger partial charge in [0.15, 0.2) is 0 Å². The highest BCUT2D eigenvalue weighted by Crippen LogP contribution is 2.40. The van der Waals surface area contributed by atoms with E-state index >= 15 is 0 Å². The van der Waals surface area contributed by atoms with Crippen LogP contribution < -0.4 is 5.73 Å². The molecule has 4 rings (SSSR count). The number of nitrogen functional groups attached to an aromatic ring is 1. The van der Waals surface area contributed by atoms with Crippen LogP contribution in [0.4, 0.5) is 5.69 Å². The van der Waals surface area contributed by atoms with Crippen molar-refractivity contribution >= 4 is 5.69 Å². The van der Waals surface area contributed by atoms with Gasteiger partial charge in [-0.2, -0.15) is 0 Å². The number of phenols is 2.